The van der Waals surface area contributed by atoms with Gasteiger partial charge in [-0.2, -0.15) is 0 Å². The molecule has 2 nitrogen and oxygen atoms in total. The van der Waals surface area contributed by atoms with Gasteiger partial charge in [0.2, 0.25) is 0 Å². The average molecular weight is 268 g/mol. The van der Waals surface area contributed by atoms with Crippen LogP contribution in [0.2, 0.25) is 0 Å². The van der Waals surface area contributed by atoms with Gasteiger partial charge in [0.1, 0.15) is 0 Å². The highest BCUT2D eigenvalue weighted by Gasteiger charge is 2.15. The molecule has 0 amide bonds. The second kappa shape index (κ2) is 5.51. The molecule has 0 saturated heterocycles. The van der Waals surface area contributed by atoms with E-state index in [4.69, 9.17) is 0 Å². The lowest BCUT2D eigenvalue weighted by Gasteiger charge is -2.16. The number of hydrogen-bond acceptors (Lipinski definition) is 3. The van der Waals surface area contributed by atoms with Crippen molar-refractivity contribution >= 4 is 21.4 Å². The second-order valence-electron chi connectivity index (χ2n) is 4.46. The first kappa shape index (κ1) is 12.3. The molecule has 1 aromatic carbocycles. The molecule has 3 rings (SSSR count). The Morgan fingerprint density at radius 3 is 2.84 bits per heavy atom. The number of nitrogens with zero attached hydrogens (tertiary/aromatic N) is 1. The van der Waals surface area contributed by atoms with Crippen LogP contribution in [0.5, 0.6) is 0 Å². The summed E-state index contributed by atoms with van der Waals surface area (Å²) in [5.74, 6) is 0. The third kappa shape index (κ3) is 2.53. The molecule has 1 N–H and O–H groups in total. The van der Waals surface area contributed by atoms with E-state index in [2.05, 4.69) is 53.6 Å². The van der Waals surface area contributed by atoms with Crippen molar-refractivity contribution in [3.63, 3.8) is 0 Å². The van der Waals surface area contributed by atoms with Gasteiger partial charge in [0.25, 0.3) is 0 Å². The summed E-state index contributed by atoms with van der Waals surface area (Å²) in [4.78, 5) is 5.58. The van der Waals surface area contributed by atoms with E-state index in [0.717, 1.165) is 6.54 Å². The molecule has 0 aliphatic carbocycles. The molecule has 0 bridgehead atoms. The van der Waals surface area contributed by atoms with Crippen LogP contribution in [0, 0.1) is 0 Å². The Morgan fingerprint density at radius 2 is 2.11 bits per heavy atom. The Hall–Kier alpha value is -1.71. The van der Waals surface area contributed by atoms with Crippen molar-refractivity contribution in [1.29, 1.82) is 0 Å². The van der Waals surface area contributed by atoms with E-state index in [9.17, 15) is 0 Å². The normalized spacial score (nSPS) is 12.7. The second-order valence-corrected chi connectivity index (χ2v) is 5.58. The lowest BCUT2D eigenvalue weighted by Crippen LogP contribution is -2.21. The molecule has 96 valence electrons. The Labute approximate surface area is 117 Å². The molecular formula is C16H16N2S. The molecule has 2 heterocycles. The number of rotatable bonds is 4. The van der Waals surface area contributed by atoms with Crippen molar-refractivity contribution in [3.05, 3.63) is 65.3 Å². The van der Waals surface area contributed by atoms with Gasteiger partial charge in [0, 0.05) is 22.0 Å². The fourth-order valence-corrected chi connectivity index (χ4v) is 3.45. The fourth-order valence-electron chi connectivity index (χ4n) is 2.28. The number of benzene rings is 1. The van der Waals surface area contributed by atoms with Crippen molar-refractivity contribution in [2.75, 3.05) is 6.54 Å². The van der Waals surface area contributed by atoms with Gasteiger partial charge in [-0.05, 0) is 35.7 Å². The van der Waals surface area contributed by atoms with Crippen molar-refractivity contribution in [1.82, 2.24) is 10.3 Å². The minimum absolute atomic E-state index is 0.233. The molecule has 0 fully saturated rings. The maximum absolute atomic E-state index is 4.23. The summed E-state index contributed by atoms with van der Waals surface area (Å²) in [6.07, 6.45) is 3.76. The van der Waals surface area contributed by atoms with Gasteiger partial charge in [-0.3, -0.25) is 4.98 Å². The first-order chi connectivity index (χ1) is 9.38. The van der Waals surface area contributed by atoms with Crippen LogP contribution in [-0.2, 0) is 0 Å². The van der Waals surface area contributed by atoms with E-state index >= 15 is 0 Å². The summed E-state index contributed by atoms with van der Waals surface area (Å²) in [6, 6.07) is 15.2. The molecule has 3 heteroatoms. The van der Waals surface area contributed by atoms with E-state index in [0.29, 0.717) is 0 Å². The van der Waals surface area contributed by atoms with Gasteiger partial charge in [0.15, 0.2) is 0 Å². The third-order valence-electron chi connectivity index (χ3n) is 3.16. The number of thiophene rings is 1. The lowest BCUT2D eigenvalue weighted by molar-refractivity contribution is 0.638. The molecule has 0 aliphatic rings. The van der Waals surface area contributed by atoms with Crippen molar-refractivity contribution in [2.45, 2.75) is 13.0 Å². The zero-order valence-electron chi connectivity index (χ0n) is 10.8. The monoisotopic (exact) mass is 268 g/mol. The predicted molar refractivity (Wildman–Crippen MR) is 81.6 cm³/mol. The van der Waals surface area contributed by atoms with Crippen LogP contribution in [-0.4, -0.2) is 11.5 Å². The minimum Gasteiger partial charge on any atom is -0.306 e. The Bertz CT molecular complexity index is 628. The summed E-state index contributed by atoms with van der Waals surface area (Å²) >= 11 is 1.85. The van der Waals surface area contributed by atoms with E-state index < -0.39 is 0 Å². The molecule has 19 heavy (non-hydrogen) atoms. The number of aromatic nitrogens is 1. The summed E-state index contributed by atoms with van der Waals surface area (Å²) in [5, 5.41) is 4.86. The summed E-state index contributed by atoms with van der Waals surface area (Å²) in [6.45, 7) is 3.07. The van der Waals surface area contributed by atoms with E-state index in [-0.39, 0.29) is 6.04 Å². The van der Waals surface area contributed by atoms with Gasteiger partial charge < -0.3 is 5.32 Å². The molecule has 2 aromatic heterocycles. The number of nitrogens with one attached hydrogen (secondary N) is 1. The molecule has 3 aromatic rings. The van der Waals surface area contributed by atoms with Crippen molar-refractivity contribution in [2.24, 2.45) is 0 Å². The molecule has 0 saturated carbocycles. The Balaban J connectivity index is 2.04. The van der Waals surface area contributed by atoms with Crippen LogP contribution in [0.1, 0.15) is 23.4 Å². The molecule has 0 spiro atoms. The average Bonchev–Trinajstić information content (AvgIpc) is 2.89. The Morgan fingerprint density at radius 1 is 1.21 bits per heavy atom. The lowest BCUT2D eigenvalue weighted by atomic mass is 10.1. The number of pyridine rings is 1. The van der Waals surface area contributed by atoms with Crippen LogP contribution >= 0.6 is 11.3 Å². The van der Waals surface area contributed by atoms with Gasteiger partial charge in [-0.25, -0.2) is 0 Å². The zero-order chi connectivity index (χ0) is 13.1. The smallest absolute Gasteiger partial charge is 0.0686 e. The summed E-state index contributed by atoms with van der Waals surface area (Å²) < 4.78 is 1.34. The van der Waals surface area contributed by atoms with Gasteiger partial charge in [-0.1, -0.05) is 31.2 Å². The van der Waals surface area contributed by atoms with Crippen molar-refractivity contribution < 1.29 is 0 Å². The first-order valence-electron chi connectivity index (χ1n) is 6.50. The van der Waals surface area contributed by atoms with Gasteiger partial charge in [-0.15, -0.1) is 11.3 Å². The molecule has 1 unspecified atom stereocenters. The molecular weight excluding hydrogens is 252 g/mol. The highest BCUT2D eigenvalue weighted by atomic mass is 32.1. The molecule has 0 radical (unpaired) electrons. The Kier molecular flexibility index (Phi) is 3.58. The van der Waals surface area contributed by atoms with Gasteiger partial charge in [0.05, 0.1) is 6.04 Å². The summed E-state index contributed by atoms with van der Waals surface area (Å²) in [7, 11) is 0. The number of hydrogen-bond donors (Lipinski definition) is 1. The van der Waals surface area contributed by atoms with Crippen molar-refractivity contribution in [3.8, 4) is 0 Å². The van der Waals surface area contributed by atoms with Crippen LogP contribution in [0.15, 0.2) is 54.9 Å². The maximum Gasteiger partial charge on any atom is 0.0686 e. The zero-order valence-corrected chi connectivity index (χ0v) is 11.7. The molecule has 0 aliphatic heterocycles. The topological polar surface area (TPSA) is 24.9 Å². The van der Waals surface area contributed by atoms with E-state index in [1.54, 1.807) is 0 Å². The van der Waals surface area contributed by atoms with Crippen LogP contribution in [0.25, 0.3) is 10.1 Å². The maximum atomic E-state index is 4.23. The van der Waals surface area contributed by atoms with E-state index in [1.165, 1.54) is 20.5 Å². The van der Waals surface area contributed by atoms with Gasteiger partial charge >= 0.3 is 0 Å². The van der Waals surface area contributed by atoms with Crippen LogP contribution < -0.4 is 5.32 Å². The first-order valence-corrected chi connectivity index (χ1v) is 7.32. The summed E-state index contributed by atoms with van der Waals surface area (Å²) in [5.41, 5.74) is 1.22. The third-order valence-corrected chi connectivity index (χ3v) is 4.34. The predicted octanol–water partition coefficient (Wildman–Crippen LogP) is 4.00. The van der Waals surface area contributed by atoms with Crippen LogP contribution in [0.3, 0.4) is 0 Å². The SMILES string of the molecule is CCNC(c1cccnc1)c1cc2ccccc2s1. The van der Waals surface area contributed by atoms with E-state index in [1.807, 2.05) is 29.8 Å². The number of fused-ring (bicyclic) bond motifs is 1. The highest BCUT2D eigenvalue weighted by molar-refractivity contribution is 7.19. The quantitative estimate of drug-likeness (QED) is 0.773. The highest BCUT2D eigenvalue weighted by Crippen LogP contribution is 2.32. The standard InChI is InChI=1S/C16H16N2S/c1-2-18-16(13-7-5-9-17-11-13)15-10-12-6-3-4-8-14(12)19-15/h3-11,16,18H,2H2,1H3. The fraction of sp³-hybridized carbons (Fsp3) is 0.188. The largest absolute Gasteiger partial charge is 0.306 e. The van der Waals surface area contributed by atoms with Crippen LogP contribution in [0.4, 0.5) is 0 Å². The minimum atomic E-state index is 0.233. The molecule has 1 atom stereocenters.